The summed E-state index contributed by atoms with van der Waals surface area (Å²) >= 11 is 12.3. The molecule has 1 aromatic heterocycles. The van der Waals surface area contributed by atoms with Gasteiger partial charge in [-0.1, -0.05) is 41.4 Å². The first kappa shape index (κ1) is 18.8. The minimum Gasteiger partial charge on any atom is -0.495 e. The molecular formula is C18H14Cl2N4O3. The van der Waals surface area contributed by atoms with Gasteiger partial charge < -0.3 is 15.8 Å². The molecule has 0 unspecified atom stereocenters. The van der Waals surface area contributed by atoms with E-state index in [-0.39, 0.29) is 27.1 Å². The minimum absolute atomic E-state index is 0.213. The minimum atomic E-state index is -0.730. The molecule has 0 aliphatic carbocycles. The van der Waals surface area contributed by atoms with Crippen LogP contribution in [0.2, 0.25) is 10.0 Å². The number of rotatable bonds is 4. The maximum Gasteiger partial charge on any atom is 0.273 e. The summed E-state index contributed by atoms with van der Waals surface area (Å²) in [5, 5.41) is 3.06. The monoisotopic (exact) mass is 404 g/mol. The van der Waals surface area contributed by atoms with Crippen molar-refractivity contribution >= 4 is 40.6 Å². The highest BCUT2D eigenvalue weighted by atomic mass is 35.5. The van der Waals surface area contributed by atoms with Gasteiger partial charge in [-0.25, -0.2) is 4.98 Å². The number of amides is 1. The third kappa shape index (κ3) is 3.60. The van der Waals surface area contributed by atoms with Gasteiger partial charge in [0.25, 0.3) is 11.5 Å². The van der Waals surface area contributed by atoms with Crippen molar-refractivity contribution in [2.45, 2.75) is 0 Å². The Morgan fingerprint density at radius 1 is 1.15 bits per heavy atom. The lowest BCUT2D eigenvalue weighted by atomic mass is 10.2. The van der Waals surface area contributed by atoms with E-state index >= 15 is 0 Å². The molecule has 0 bridgehead atoms. The van der Waals surface area contributed by atoms with Crippen molar-refractivity contribution in [2.75, 3.05) is 18.2 Å². The number of para-hydroxylation sites is 3. The van der Waals surface area contributed by atoms with E-state index in [2.05, 4.69) is 10.3 Å². The predicted octanol–water partition coefficient (Wildman–Crippen LogP) is 3.38. The molecule has 1 heterocycles. The zero-order valence-electron chi connectivity index (χ0n) is 14.1. The van der Waals surface area contributed by atoms with Crippen molar-refractivity contribution in [3.05, 3.63) is 74.8 Å². The van der Waals surface area contributed by atoms with E-state index in [1.165, 1.54) is 13.4 Å². The molecule has 0 saturated carbocycles. The van der Waals surface area contributed by atoms with E-state index < -0.39 is 11.5 Å². The molecule has 3 N–H and O–H groups in total. The number of nitrogens with two attached hydrogens (primary N) is 1. The first-order valence-corrected chi connectivity index (χ1v) is 8.45. The van der Waals surface area contributed by atoms with E-state index in [1.807, 2.05) is 0 Å². The lowest BCUT2D eigenvalue weighted by molar-refractivity contribution is 0.102. The van der Waals surface area contributed by atoms with Gasteiger partial charge in [0.05, 0.1) is 28.5 Å². The molecule has 0 saturated heterocycles. The summed E-state index contributed by atoms with van der Waals surface area (Å²) in [7, 11) is 1.47. The molecule has 3 aromatic rings. The van der Waals surface area contributed by atoms with Crippen LogP contribution in [0, 0.1) is 0 Å². The van der Waals surface area contributed by atoms with Crippen LogP contribution in [0.25, 0.3) is 5.69 Å². The molecule has 27 heavy (non-hydrogen) atoms. The number of nitrogen functional groups attached to an aromatic ring is 1. The number of methoxy groups -OCH3 is 1. The summed E-state index contributed by atoms with van der Waals surface area (Å²) in [5.41, 5.74) is 5.35. The van der Waals surface area contributed by atoms with Gasteiger partial charge in [-0.15, -0.1) is 0 Å². The quantitative estimate of drug-likeness (QED) is 0.693. The van der Waals surface area contributed by atoms with Crippen molar-refractivity contribution in [1.29, 1.82) is 0 Å². The van der Waals surface area contributed by atoms with Crippen LogP contribution in [0.1, 0.15) is 10.4 Å². The summed E-state index contributed by atoms with van der Waals surface area (Å²) in [5.74, 6) is -0.512. The molecule has 138 valence electrons. The Morgan fingerprint density at radius 2 is 1.81 bits per heavy atom. The molecule has 0 aliphatic rings. The maximum atomic E-state index is 12.9. The van der Waals surface area contributed by atoms with Gasteiger partial charge in [-0.3, -0.25) is 14.2 Å². The van der Waals surface area contributed by atoms with Crippen LogP contribution in [0.15, 0.2) is 53.6 Å². The van der Waals surface area contributed by atoms with Gasteiger partial charge in [0.15, 0.2) is 0 Å². The van der Waals surface area contributed by atoms with E-state index in [4.69, 9.17) is 33.7 Å². The summed E-state index contributed by atoms with van der Waals surface area (Å²) in [4.78, 5) is 29.6. The van der Waals surface area contributed by atoms with Crippen LogP contribution in [-0.2, 0) is 0 Å². The number of benzene rings is 2. The second kappa shape index (κ2) is 7.69. The van der Waals surface area contributed by atoms with Crippen molar-refractivity contribution in [1.82, 2.24) is 9.55 Å². The molecule has 0 spiro atoms. The van der Waals surface area contributed by atoms with E-state index in [1.54, 1.807) is 42.5 Å². The smallest absolute Gasteiger partial charge is 0.273 e. The lowest BCUT2D eigenvalue weighted by Crippen LogP contribution is -2.31. The van der Waals surface area contributed by atoms with E-state index in [9.17, 15) is 9.59 Å². The third-order valence-corrected chi connectivity index (χ3v) is 4.37. The van der Waals surface area contributed by atoms with Crippen LogP contribution in [0.5, 0.6) is 5.75 Å². The van der Waals surface area contributed by atoms with Crippen LogP contribution in [0.4, 0.5) is 11.5 Å². The number of nitrogens with zero attached hydrogens (tertiary/aromatic N) is 2. The number of aromatic nitrogens is 2. The zero-order chi connectivity index (χ0) is 19.6. The highest BCUT2D eigenvalue weighted by Crippen LogP contribution is 2.28. The molecule has 7 nitrogen and oxygen atoms in total. The lowest BCUT2D eigenvalue weighted by Gasteiger charge is -2.13. The Kier molecular flexibility index (Phi) is 5.34. The second-order valence-corrected chi connectivity index (χ2v) is 6.22. The van der Waals surface area contributed by atoms with Crippen molar-refractivity contribution in [3.63, 3.8) is 0 Å². The molecule has 0 aliphatic heterocycles. The summed E-state index contributed by atoms with van der Waals surface area (Å²) in [6.07, 6.45) is 1.17. The molecule has 1 amide bonds. The Labute approximate surface area is 164 Å². The molecule has 2 aromatic carbocycles. The summed E-state index contributed by atoms with van der Waals surface area (Å²) in [6, 6.07) is 11.5. The molecule has 0 atom stereocenters. The number of ether oxygens (including phenoxy) is 1. The molecule has 0 fully saturated rings. The van der Waals surface area contributed by atoms with Gasteiger partial charge in [0.1, 0.15) is 23.5 Å². The van der Waals surface area contributed by atoms with Crippen LogP contribution < -0.4 is 21.3 Å². The summed E-state index contributed by atoms with van der Waals surface area (Å²) < 4.78 is 6.27. The maximum absolute atomic E-state index is 12.9. The van der Waals surface area contributed by atoms with E-state index in [0.29, 0.717) is 11.4 Å². The Bertz CT molecular complexity index is 1060. The fraction of sp³-hybridized carbons (Fsp3) is 0.0556. The highest BCUT2D eigenvalue weighted by Gasteiger charge is 2.21. The van der Waals surface area contributed by atoms with Crippen LogP contribution >= 0.6 is 23.2 Å². The van der Waals surface area contributed by atoms with Crippen molar-refractivity contribution < 1.29 is 9.53 Å². The van der Waals surface area contributed by atoms with Crippen LogP contribution in [0.3, 0.4) is 0 Å². The first-order chi connectivity index (χ1) is 12.9. The number of anilines is 2. The molecule has 9 heteroatoms. The van der Waals surface area contributed by atoms with Crippen molar-refractivity contribution in [2.24, 2.45) is 0 Å². The molecule has 3 rings (SSSR count). The largest absolute Gasteiger partial charge is 0.495 e. The molecular weight excluding hydrogens is 391 g/mol. The SMILES string of the molecule is COc1ccccc1NC(=O)c1c(N)ncn(-c2c(Cl)cccc2Cl)c1=O. The van der Waals surface area contributed by atoms with Gasteiger partial charge in [0, 0.05) is 0 Å². The Morgan fingerprint density at radius 3 is 2.48 bits per heavy atom. The summed E-state index contributed by atoms with van der Waals surface area (Å²) in [6.45, 7) is 0. The normalized spacial score (nSPS) is 10.5. The average molecular weight is 405 g/mol. The van der Waals surface area contributed by atoms with Gasteiger partial charge in [0.2, 0.25) is 0 Å². The third-order valence-electron chi connectivity index (χ3n) is 3.76. The van der Waals surface area contributed by atoms with Gasteiger partial charge >= 0.3 is 0 Å². The van der Waals surface area contributed by atoms with E-state index in [0.717, 1.165) is 4.57 Å². The Hall–Kier alpha value is -3.03. The topological polar surface area (TPSA) is 99.2 Å². The zero-order valence-corrected chi connectivity index (χ0v) is 15.6. The number of carbonyl (C=O) groups is 1. The highest BCUT2D eigenvalue weighted by molar-refractivity contribution is 6.37. The van der Waals surface area contributed by atoms with Gasteiger partial charge in [-0.2, -0.15) is 0 Å². The number of nitrogens with one attached hydrogen (secondary N) is 1. The van der Waals surface area contributed by atoms with Crippen molar-refractivity contribution in [3.8, 4) is 11.4 Å². The number of halogens is 2. The van der Waals surface area contributed by atoms with Crippen LogP contribution in [-0.4, -0.2) is 22.6 Å². The first-order valence-electron chi connectivity index (χ1n) is 7.70. The number of hydrogen-bond donors (Lipinski definition) is 2. The average Bonchev–Trinajstić information content (AvgIpc) is 2.64. The Balaban J connectivity index is 2.09. The number of hydrogen-bond acceptors (Lipinski definition) is 5. The fourth-order valence-corrected chi connectivity index (χ4v) is 3.07. The molecule has 0 radical (unpaired) electrons. The number of carbonyl (C=O) groups excluding carboxylic acids is 1. The van der Waals surface area contributed by atoms with Gasteiger partial charge in [-0.05, 0) is 24.3 Å². The standard InChI is InChI=1S/C18H14Cl2N4O3/c1-27-13-8-3-2-7-12(13)23-17(25)14-16(21)22-9-24(18(14)26)15-10(19)5-4-6-11(15)20/h2-9H,21H2,1H3,(H,23,25). The second-order valence-electron chi connectivity index (χ2n) is 5.40. The predicted molar refractivity (Wildman–Crippen MR) is 105 cm³/mol. The fourth-order valence-electron chi connectivity index (χ4n) is 2.49.